The number of thioether (sulfide) groups is 1. The number of anilines is 1. The van der Waals surface area contributed by atoms with Gasteiger partial charge in [0.15, 0.2) is 11.0 Å². The first kappa shape index (κ1) is 26.0. The maximum atomic E-state index is 12.6. The van der Waals surface area contributed by atoms with Crippen LogP contribution in [0.2, 0.25) is 0 Å². The van der Waals surface area contributed by atoms with Crippen molar-refractivity contribution in [2.45, 2.75) is 44.9 Å². The number of methoxy groups -OCH3 is 1. The maximum absolute atomic E-state index is 12.6. The lowest BCUT2D eigenvalue weighted by molar-refractivity contribution is -0.121. The topological polar surface area (TPSA) is 98.1 Å². The van der Waals surface area contributed by atoms with Crippen LogP contribution in [-0.4, -0.2) is 39.4 Å². The molecular formula is C26H31N5O3S. The zero-order valence-corrected chi connectivity index (χ0v) is 21.3. The second kappa shape index (κ2) is 12.2. The fourth-order valence-corrected chi connectivity index (χ4v) is 4.26. The Labute approximate surface area is 210 Å². The van der Waals surface area contributed by atoms with Crippen molar-refractivity contribution in [2.75, 3.05) is 18.2 Å². The smallest absolute Gasteiger partial charge is 0.234 e. The van der Waals surface area contributed by atoms with E-state index in [2.05, 4.69) is 27.4 Å². The predicted molar refractivity (Wildman–Crippen MR) is 139 cm³/mol. The second-order valence-corrected chi connectivity index (χ2v) is 9.15. The number of aryl methyl sites for hydroxylation is 2. The molecule has 1 aromatic heterocycles. The van der Waals surface area contributed by atoms with Crippen LogP contribution in [0.5, 0.6) is 5.75 Å². The molecule has 3 aromatic rings. The molecule has 2 N–H and O–H groups in total. The highest BCUT2D eigenvalue weighted by molar-refractivity contribution is 7.99. The van der Waals surface area contributed by atoms with Gasteiger partial charge in [0.1, 0.15) is 5.75 Å². The van der Waals surface area contributed by atoms with E-state index in [1.807, 2.05) is 67.8 Å². The zero-order chi connectivity index (χ0) is 25.4. The number of ether oxygens (including phenoxy) is 1. The number of hydrogen-bond acceptors (Lipinski definition) is 6. The summed E-state index contributed by atoms with van der Waals surface area (Å²) >= 11 is 1.29. The first-order valence-electron chi connectivity index (χ1n) is 11.3. The summed E-state index contributed by atoms with van der Waals surface area (Å²) in [6.45, 7) is 10.1. The Balaban J connectivity index is 1.62. The highest BCUT2D eigenvalue weighted by Crippen LogP contribution is 2.22. The molecule has 1 heterocycles. The van der Waals surface area contributed by atoms with Gasteiger partial charge in [0.2, 0.25) is 11.8 Å². The average molecular weight is 494 g/mol. The van der Waals surface area contributed by atoms with Crippen LogP contribution in [0, 0.1) is 13.8 Å². The molecule has 184 valence electrons. The van der Waals surface area contributed by atoms with Crippen molar-refractivity contribution in [1.82, 2.24) is 20.1 Å². The molecule has 0 fully saturated rings. The molecule has 8 nitrogen and oxygen atoms in total. The summed E-state index contributed by atoms with van der Waals surface area (Å²) in [7, 11) is 1.60. The van der Waals surface area contributed by atoms with Crippen LogP contribution in [0.1, 0.15) is 35.5 Å². The van der Waals surface area contributed by atoms with Gasteiger partial charge in [-0.3, -0.25) is 9.59 Å². The molecule has 0 saturated carbocycles. The molecule has 0 aliphatic rings. The minimum absolute atomic E-state index is 0.126. The van der Waals surface area contributed by atoms with Gasteiger partial charge in [-0.15, -0.1) is 16.8 Å². The Bertz CT molecular complexity index is 1190. The SMILES string of the molecule is C=CCn1c(SCC(=O)Nc2cc(C)ccc2C)nnc1C(C)NC(=O)Cc1ccc(OC)cc1. The molecule has 9 heteroatoms. The monoisotopic (exact) mass is 493 g/mol. The highest BCUT2D eigenvalue weighted by Gasteiger charge is 2.20. The Hall–Kier alpha value is -3.59. The number of nitrogens with zero attached hydrogens (tertiary/aromatic N) is 3. The number of nitrogens with one attached hydrogen (secondary N) is 2. The molecule has 1 unspecified atom stereocenters. The summed E-state index contributed by atoms with van der Waals surface area (Å²) in [4.78, 5) is 25.1. The molecule has 0 aliphatic carbocycles. The summed E-state index contributed by atoms with van der Waals surface area (Å²) in [5.74, 6) is 1.27. The van der Waals surface area contributed by atoms with Gasteiger partial charge >= 0.3 is 0 Å². The number of hydrogen-bond donors (Lipinski definition) is 2. The van der Waals surface area contributed by atoms with Crippen LogP contribution in [0.4, 0.5) is 5.69 Å². The number of rotatable bonds is 11. The van der Waals surface area contributed by atoms with Gasteiger partial charge in [-0.1, -0.05) is 42.1 Å². The van der Waals surface area contributed by atoms with Gasteiger partial charge in [0, 0.05) is 12.2 Å². The van der Waals surface area contributed by atoms with E-state index in [4.69, 9.17) is 4.74 Å². The minimum atomic E-state index is -0.369. The molecular weight excluding hydrogens is 462 g/mol. The van der Waals surface area contributed by atoms with Crippen LogP contribution in [-0.2, 0) is 22.6 Å². The fourth-order valence-electron chi connectivity index (χ4n) is 3.50. The van der Waals surface area contributed by atoms with Crippen LogP contribution in [0.15, 0.2) is 60.3 Å². The van der Waals surface area contributed by atoms with Crippen molar-refractivity contribution in [2.24, 2.45) is 0 Å². The zero-order valence-electron chi connectivity index (χ0n) is 20.5. The number of allylic oxidation sites excluding steroid dienone is 1. The van der Waals surface area contributed by atoms with E-state index in [9.17, 15) is 9.59 Å². The van der Waals surface area contributed by atoms with E-state index in [0.717, 1.165) is 28.1 Å². The molecule has 2 aromatic carbocycles. The maximum Gasteiger partial charge on any atom is 0.234 e. The van der Waals surface area contributed by atoms with E-state index in [1.165, 1.54) is 11.8 Å². The van der Waals surface area contributed by atoms with Crippen molar-refractivity contribution >= 4 is 29.3 Å². The van der Waals surface area contributed by atoms with Crippen molar-refractivity contribution in [3.8, 4) is 5.75 Å². The number of carbonyl (C=O) groups is 2. The quantitative estimate of drug-likeness (QED) is 0.306. The molecule has 0 radical (unpaired) electrons. The van der Waals surface area contributed by atoms with Crippen molar-refractivity contribution in [1.29, 1.82) is 0 Å². The Morgan fingerprint density at radius 3 is 2.57 bits per heavy atom. The van der Waals surface area contributed by atoms with E-state index in [-0.39, 0.29) is 30.0 Å². The fraction of sp³-hybridized carbons (Fsp3) is 0.308. The summed E-state index contributed by atoms with van der Waals surface area (Å²) in [6, 6.07) is 13.0. The lowest BCUT2D eigenvalue weighted by Gasteiger charge is -2.15. The molecule has 3 rings (SSSR count). The van der Waals surface area contributed by atoms with Crippen molar-refractivity contribution in [3.05, 3.63) is 77.6 Å². The number of carbonyl (C=O) groups excluding carboxylic acids is 2. The molecule has 1 atom stereocenters. The summed E-state index contributed by atoms with van der Waals surface area (Å²) in [6.07, 6.45) is 1.98. The molecule has 0 spiro atoms. The Kier molecular flexibility index (Phi) is 9.08. The number of amides is 2. The molecule has 0 aliphatic heterocycles. The van der Waals surface area contributed by atoms with E-state index >= 15 is 0 Å². The molecule has 35 heavy (non-hydrogen) atoms. The lowest BCUT2D eigenvalue weighted by Crippen LogP contribution is -2.30. The van der Waals surface area contributed by atoms with E-state index < -0.39 is 0 Å². The Morgan fingerprint density at radius 2 is 1.89 bits per heavy atom. The predicted octanol–water partition coefficient (Wildman–Crippen LogP) is 4.24. The first-order valence-corrected chi connectivity index (χ1v) is 12.3. The Morgan fingerprint density at radius 1 is 1.14 bits per heavy atom. The van der Waals surface area contributed by atoms with Gasteiger partial charge in [-0.25, -0.2) is 0 Å². The van der Waals surface area contributed by atoms with Crippen molar-refractivity contribution < 1.29 is 14.3 Å². The van der Waals surface area contributed by atoms with Gasteiger partial charge in [0.05, 0.1) is 25.3 Å². The van der Waals surface area contributed by atoms with Crippen molar-refractivity contribution in [3.63, 3.8) is 0 Å². The number of benzene rings is 2. The van der Waals surface area contributed by atoms with E-state index in [0.29, 0.717) is 17.5 Å². The third-order valence-electron chi connectivity index (χ3n) is 5.35. The van der Waals surface area contributed by atoms with E-state index in [1.54, 1.807) is 13.2 Å². The minimum Gasteiger partial charge on any atom is -0.497 e. The summed E-state index contributed by atoms with van der Waals surface area (Å²) in [5.41, 5.74) is 3.77. The number of aromatic nitrogens is 3. The van der Waals surface area contributed by atoms with Gasteiger partial charge in [-0.2, -0.15) is 0 Å². The lowest BCUT2D eigenvalue weighted by atomic mass is 10.1. The molecule has 0 bridgehead atoms. The molecule has 2 amide bonds. The van der Waals surface area contributed by atoms with Gasteiger partial charge < -0.3 is 19.9 Å². The first-order chi connectivity index (χ1) is 16.8. The second-order valence-electron chi connectivity index (χ2n) is 8.21. The third-order valence-corrected chi connectivity index (χ3v) is 6.31. The summed E-state index contributed by atoms with van der Waals surface area (Å²) in [5, 5.41) is 15.1. The highest BCUT2D eigenvalue weighted by atomic mass is 32.2. The van der Waals surface area contributed by atoms with Crippen LogP contribution >= 0.6 is 11.8 Å². The third kappa shape index (κ3) is 7.19. The normalized spacial score (nSPS) is 11.5. The van der Waals surface area contributed by atoms with Crippen LogP contribution in [0.3, 0.4) is 0 Å². The van der Waals surface area contributed by atoms with Crippen LogP contribution in [0.25, 0.3) is 0 Å². The van der Waals surface area contributed by atoms with Crippen LogP contribution < -0.4 is 15.4 Å². The van der Waals surface area contributed by atoms with Gasteiger partial charge in [0.25, 0.3) is 0 Å². The standard InChI is InChI=1S/C26H31N5O3S/c1-6-13-31-25(19(4)27-23(32)15-20-9-11-21(34-5)12-10-20)29-30-26(31)35-16-24(33)28-22-14-17(2)7-8-18(22)3/h6-12,14,19H,1,13,15-16H2,2-5H3,(H,27,32)(H,28,33). The summed E-state index contributed by atoms with van der Waals surface area (Å²) < 4.78 is 7.02. The molecule has 0 saturated heterocycles. The average Bonchev–Trinajstić information content (AvgIpc) is 3.23. The largest absolute Gasteiger partial charge is 0.497 e. The van der Waals surface area contributed by atoms with Gasteiger partial charge in [-0.05, 0) is 55.7 Å².